The quantitative estimate of drug-likeness (QED) is 0.546. The van der Waals surface area contributed by atoms with E-state index in [9.17, 15) is 0 Å². The Morgan fingerprint density at radius 3 is 2.29 bits per heavy atom. The fourth-order valence-electron chi connectivity index (χ4n) is 3.03. The molecule has 3 heteroatoms. The van der Waals surface area contributed by atoms with E-state index >= 15 is 0 Å². The van der Waals surface area contributed by atoms with E-state index in [0.29, 0.717) is 17.4 Å². The Morgan fingerprint density at radius 1 is 1.14 bits per heavy atom. The predicted molar refractivity (Wildman–Crippen MR) is 101 cm³/mol. The SMILES string of the molecule is CCNC(CC(C)CC(C)(C)C)c1cc(Br)c(C)cc1Br. The maximum absolute atomic E-state index is 3.74. The second-order valence-electron chi connectivity index (χ2n) is 7.34. The van der Waals surface area contributed by atoms with E-state index in [2.05, 4.69) is 90.9 Å². The maximum Gasteiger partial charge on any atom is 0.0334 e. The number of aryl methyl sites for hydroxylation is 1. The first kappa shape index (κ1) is 19.2. The van der Waals surface area contributed by atoms with Gasteiger partial charge in [0.15, 0.2) is 0 Å². The third-order valence-corrected chi connectivity index (χ3v) is 5.24. The van der Waals surface area contributed by atoms with Gasteiger partial charge in [-0.3, -0.25) is 0 Å². The van der Waals surface area contributed by atoms with E-state index in [0.717, 1.165) is 6.54 Å². The topological polar surface area (TPSA) is 12.0 Å². The van der Waals surface area contributed by atoms with E-state index in [4.69, 9.17) is 0 Å². The van der Waals surface area contributed by atoms with Gasteiger partial charge in [0, 0.05) is 15.0 Å². The zero-order valence-electron chi connectivity index (χ0n) is 14.2. The van der Waals surface area contributed by atoms with Crippen molar-refractivity contribution < 1.29 is 0 Å². The molecule has 2 atom stereocenters. The fourth-order valence-corrected chi connectivity index (χ4v) is 4.12. The van der Waals surface area contributed by atoms with Crippen molar-refractivity contribution in [2.45, 2.75) is 60.4 Å². The predicted octanol–water partition coefficient (Wildman–Crippen LogP) is 6.63. The lowest BCUT2D eigenvalue weighted by molar-refractivity contribution is 0.276. The first-order chi connectivity index (χ1) is 9.64. The maximum atomic E-state index is 3.74. The largest absolute Gasteiger partial charge is 0.310 e. The third kappa shape index (κ3) is 6.42. The molecular formula is C18H29Br2N. The molecule has 0 heterocycles. The Kier molecular flexibility index (Phi) is 7.42. The summed E-state index contributed by atoms with van der Waals surface area (Å²) >= 11 is 7.41. The van der Waals surface area contributed by atoms with Crippen LogP contribution < -0.4 is 5.32 Å². The van der Waals surface area contributed by atoms with Crippen LogP contribution >= 0.6 is 31.9 Å². The molecule has 0 spiro atoms. The molecule has 0 saturated heterocycles. The Bertz CT molecular complexity index is 463. The number of rotatable bonds is 6. The molecule has 21 heavy (non-hydrogen) atoms. The summed E-state index contributed by atoms with van der Waals surface area (Å²) in [7, 11) is 0. The lowest BCUT2D eigenvalue weighted by Crippen LogP contribution is -2.24. The standard InChI is InChI=1S/C18H29Br2N/c1-7-21-17(8-12(2)11-18(4,5)6)14-10-15(19)13(3)9-16(14)20/h9-10,12,17,21H,7-8,11H2,1-6H3. The van der Waals surface area contributed by atoms with Crippen molar-refractivity contribution in [1.82, 2.24) is 5.32 Å². The molecule has 0 bridgehead atoms. The molecule has 0 amide bonds. The Labute approximate surface area is 147 Å². The monoisotopic (exact) mass is 417 g/mol. The summed E-state index contributed by atoms with van der Waals surface area (Å²) in [6, 6.07) is 4.87. The van der Waals surface area contributed by atoms with E-state index in [1.807, 2.05) is 0 Å². The second-order valence-corrected chi connectivity index (χ2v) is 9.05. The highest BCUT2D eigenvalue weighted by atomic mass is 79.9. The minimum Gasteiger partial charge on any atom is -0.310 e. The Balaban J connectivity index is 2.94. The summed E-state index contributed by atoms with van der Waals surface area (Å²) in [6.45, 7) is 14.6. The van der Waals surface area contributed by atoms with Crippen LogP contribution in [-0.4, -0.2) is 6.54 Å². The zero-order valence-corrected chi connectivity index (χ0v) is 17.4. The second kappa shape index (κ2) is 8.12. The molecule has 1 nitrogen and oxygen atoms in total. The molecule has 120 valence electrons. The first-order valence-electron chi connectivity index (χ1n) is 7.83. The van der Waals surface area contributed by atoms with Gasteiger partial charge >= 0.3 is 0 Å². The third-order valence-electron chi connectivity index (χ3n) is 3.70. The summed E-state index contributed by atoms with van der Waals surface area (Å²) in [6.07, 6.45) is 2.42. The highest BCUT2D eigenvalue weighted by molar-refractivity contribution is 9.11. The zero-order chi connectivity index (χ0) is 16.2. The number of nitrogens with one attached hydrogen (secondary N) is 1. The number of benzene rings is 1. The van der Waals surface area contributed by atoms with E-state index in [-0.39, 0.29) is 0 Å². The molecule has 1 aromatic carbocycles. The molecule has 1 rings (SSSR count). The molecule has 0 aliphatic rings. The van der Waals surface area contributed by atoms with Crippen LogP contribution in [0.1, 0.15) is 64.6 Å². The van der Waals surface area contributed by atoms with Gasteiger partial charge in [-0.1, -0.05) is 66.5 Å². The molecule has 2 unspecified atom stereocenters. The molecule has 0 aromatic heterocycles. The van der Waals surface area contributed by atoms with Gasteiger partial charge in [0.05, 0.1) is 0 Å². The smallest absolute Gasteiger partial charge is 0.0334 e. The van der Waals surface area contributed by atoms with Crippen molar-refractivity contribution in [1.29, 1.82) is 0 Å². The molecule has 0 aliphatic carbocycles. The molecule has 1 N–H and O–H groups in total. The molecule has 1 aromatic rings. The van der Waals surface area contributed by atoms with Crippen LogP contribution in [0.15, 0.2) is 21.1 Å². The Morgan fingerprint density at radius 2 is 1.76 bits per heavy atom. The van der Waals surface area contributed by atoms with Crippen LogP contribution in [0.5, 0.6) is 0 Å². The van der Waals surface area contributed by atoms with Crippen molar-refractivity contribution in [2.75, 3.05) is 6.54 Å². The van der Waals surface area contributed by atoms with E-state index in [1.54, 1.807) is 0 Å². The molecule has 0 radical (unpaired) electrons. The summed E-state index contributed by atoms with van der Waals surface area (Å²) in [4.78, 5) is 0. The van der Waals surface area contributed by atoms with Gasteiger partial charge in [-0.25, -0.2) is 0 Å². The van der Waals surface area contributed by atoms with Crippen molar-refractivity contribution >= 4 is 31.9 Å². The van der Waals surface area contributed by atoms with Gasteiger partial charge in [0.2, 0.25) is 0 Å². The van der Waals surface area contributed by atoms with Crippen LogP contribution in [0.4, 0.5) is 0 Å². The van der Waals surface area contributed by atoms with Gasteiger partial charge in [-0.15, -0.1) is 0 Å². The number of hydrogen-bond acceptors (Lipinski definition) is 1. The number of hydrogen-bond donors (Lipinski definition) is 1. The van der Waals surface area contributed by atoms with E-state index < -0.39 is 0 Å². The average molecular weight is 419 g/mol. The van der Waals surface area contributed by atoms with Crippen LogP contribution in [0.2, 0.25) is 0 Å². The molecule has 0 aliphatic heterocycles. The van der Waals surface area contributed by atoms with Crippen molar-refractivity contribution in [2.24, 2.45) is 11.3 Å². The lowest BCUT2D eigenvalue weighted by atomic mass is 9.82. The van der Waals surface area contributed by atoms with Gasteiger partial charge < -0.3 is 5.32 Å². The molecule has 0 fully saturated rings. The van der Waals surface area contributed by atoms with Gasteiger partial charge in [-0.2, -0.15) is 0 Å². The summed E-state index contributed by atoms with van der Waals surface area (Å²) in [5.41, 5.74) is 3.01. The molecule has 0 saturated carbocycles. The van der Waals surface area contributed by atoms with Gasteiger partial charge in [-0.05, 0) is 60.9 Å². The van der Waals surface area contributed by atoms with Crippen LogP contribution in [0, 0.1) is 18.3 Å². The average Bonchev–Trinajstić information content (AvgIpc) is 2.31. The lowest BCUT2D eigenvalue weighted by Gasteiger charge is -2.28. The molecular weight excluding hydrogens is 390 g/mol. The first-order valence-corrected chi connectivity index (χ1v) is 9.41. The minimum atomic E-state index is 0.390. The van der Waals surface area contributed by atoms with Gasteiger partial charge in [0.1, 0.15) is 0 Å². The van der Waals surface area contributed by atoms with Crippen LogP contribution in [0.3, 0.4) is 0 Å². The van der Waals surface area contributed by atoms with Crippen molar-refractivity contribution in [3.05, 3.63) is 32.2 Å². The number of halogens is 2. The van der Waals surface area contributed by atoms with Crippen molar-refractivity contribution in [3.8, 4) is 0 Å². The summed E-state index contributed by atoms with van der Waals surface area (Å²) in [5.74, 6) is 0.695. The van der Waals surface area contributed by atoms with Crippen molar-refractivity contribution in [3.63, 3.8) is 0 Å². The van der Waals surface area contributed by atoms with E-state index in [1.165, 1.54) is 32.9 Å². The summed E-state index contributed by atoms with van der Waals surface area (Å²) < 4.78 is 2.39. The van der Waals surface area contributed by atoms with Crippen LogP contribution in [-0.2, 0) is 0 Å². The highest BCUT2D eigenvalue weighted by Crippen LogP contribution is 2.35. The fraction of sp³-hybridized carbons (Fsp3) is 0.667. The van der Waals surface area contributed by atoms with Gasteiger partial charge in [0.25, 0.3) is 0 Å². The minimum absolute atomic E-state index is 0.390. The highest BCUT2D eigenvalue weighted by Gasteiger charge is 2.21. The normalized spacial score (nSPS) is 15.0. The summed E-state index contributed by atoms with van der Waals surface area (Å²) in [5, 5.41) is 3.65. The Hall–Kier alpha value is 0.140. The van der Waals surface area contributed by atoms with Crippen LogP contribution in [0.25, 0.3) is 0 Å².